The van der Waals surface area contributed by atoms with Gasteiger partial charge in [-0.1, -0.05) is 0 Å². The lowest BCUT2D eigenvalue weighted by molar-refractivity contribution is -0.151. The summed E-state index contributed by atoms with van der Waals surface area (Å²) in [6, 6.07) is 0.926. The second-order valence-electron chi connectivity index (χ2n) is 3.35. The highest BCUT2D eigenvalue weighted by Gasteiger charge is 2.37. The minimum atomic E-state index is -4.94. The van der Waals surface area contributed by atoms with Gasteiger partial charge in [-0.3, -0.25) is 0 Å². The van der Waals surface area contributed by atoms with Gasteiger partial charge in [0.15, 0.2) is 6.10 Å². The molecule has 0 amide bonds. The normalized spacial score (nSPS) is 13.2. The summed E-state index contributed by atoms with van der Waals surface area (Å²) in [6.45, 7) is 0. The Morgan fingerprint density at radius 3 is 2.33 bits per heavy atom. The van der Waals surface area contributed by atoms with Gasteiger partial charge in [-0.15, -0.1) is 0 Å². The summed E-state index contributed by atoms with van der Waals surface area (Å²) in [5, 5.41) is 27.8. The van der Waals surface area contributed by atoms with Gasteiger partial charge in [0.25, 0.3) is 0 Å². The van der Waals surface area contributed by atoms with E-state index in [4.69, 9.17) is 5.11 Å². The lowest BCUT2D eigenvalue weighted by Crippen LogP contribution is -2.15. The van der Waals surface area contributed by atoms with Crippen molar-refractivity contribution in [2.45, 2.75) is 12.3 Å². The van der Waals surface area contributed by atoms with Crippen LogP contribution < -0.4 is 0 Å². The van der Waals surface area contributed by atoms with Crippen molar-refractivity contribution in [2.75, 3.05) is 7.11 Å². The molecule has 0 fully saturated rings. The highest BCUT2D eigenvalue weighted by Crippen LogP contribution is 2.41. The molecule has 100 valence electrons. The lowest BCUT2D eigenvalue weighted by Gasteiger charge is -2.15. The van der Waals surface area contributed by atoms with E-state index in [0.29, 0.717) is 6.07 Å². The zero-order chi connectivity index (χ0) is 14.1. The van der Waals surface area contributed by atoms with Crippen LogP contribution in [0.3, 0.4) is 0 Å². The third-order valence-electron chi connectivity index (χ3n) is 2.15. The Hall–Kier alpha value is -1.96. The number of aliphatic hydroxyl groups excluding tert-OH is 1. The van der Waals surface area contributed by atoms with Crippen LogP contribution in [0.5, 0.6) is 11.5 Å². The van der Waals surface area contributed by atoms with Crippen molar-refractivity contribution >= 4 is 5.97 Å². The molecule has 1 atom stereocenters. The first-order valence-corrected chi connectivity index (χ1v) is 4.57. The Balaban J connectivity index is 3.38. The molecule has 18 heavy (non-hydrogen) atoms. The maximum atomic E-state index is 12.5. The molecule has 0 spiro atoms. The fraction of sp³-hybridized carbons (Fsp3) is 0.300. The maximum Gasteiger partial charge on any atom is 0.420 e. The number of phenolic OH excluding ortho intramolecular Hbond substituents is 2. The average molecular weight is 266 g/mol. The van der Waals surface area contributed by atoms with Crippen molar-refractivity contribution in [1.29, 1.82) is 0 Å². The Bertz CT molecular complexity index is 469. The van der Waals surface area contributed by atoms with Crippen LogP contribution in [0, 0.1) is 0 Å². The van der Waals surface area contributed by atoms with E-state index in [2.05, 4.69) is 4.74 Å². The fourth-order valence-electron chi connectivity index (χ4n) is 1.30. The number of rotatable bonds is 2. The van der Waals surface area contributed by atoms with Gasteiger partial charge in [0.1, 0.15) is 17.1 Å². The fourth-order valence-corrected chi connectivity index (χ4v) is 1.30. The third-order valence-corrected chi connectivity index (χ3v) is 2.15. The maximum absolute atomic E-state index is 12.5. The Labute approximate surface area is 99.0 Å². The molecular weight excluding hydrogens is 257 g/mol. The van der Waals surface area contributed by atoms with Gasteiger partial charge >= 0.3 is 12.1 Å². The molecule has 0 heterocycles. The van der Waals surface area contributed by atoms with Crippen molar-refractivity contribution < 1.29 is 38.0 Å². The summed E-state index contributed by atoms with van der Waals surface area (Å²) in [5.74, 6) is -3.44. The van der Waals surface area contributed by atoms with E-state index in [1.165, 1.54) is 0 Å². The molecule has 1 rings (SSSR count). The smallest absolute Gasteiger partial charge is 0.420 e. The average Bonchev–Trinajstić information content (AvgIpc) is 2.28. The van der Waals surface area contributed by atoms with Crippen molar-refractivity contribution in [3.63, 3.8) is 0 Å². The number of alkyl halides is 3. The quantitative estimate of drug-likeness (QED) is 0.555. The zero-order valence-corrected chi connectivity index (χ0v) is 9.02. The van der Waals surface area contributed by atoms with Gasteiger partial charge in [0, 0.05) is 5.56 Å². The topological polar surface area (TPSA) is 87.0 Å². The second-order valence-corrected chi connectivity index (χ2v) is 3.35. The molecule has 0 bridgehead atoms. The van der Waals surface area contributed by atoms with E-state index in [0.717, 1.165) is 7.11 Å². The number of halogens is 3. The Kier molecular flexibility index (Phi) is 3.70. The molecule has 0 radical (unpaired) electrons. The SMILES string of the molecule is COC(=O)C(O)c1cc(O)cc(C(F)(F)F)c1O. The first-order valence-electron chi connectivity index (χ1n) is 4.57. The number of aliphatic hydroxyl groups is 1. The monoisotopic (exact) mass is 266 g/mol. The van der Waals surface area contributed by atoms with Crippen LogP contribution in [-0.4, -0.2) is 28.4 Å². The van der Waals surface area contributed by atoms with Crippen LogP contribution >= 0.6 is 0 Å². The summed E-state index contributed by atoms with van der Waals surface area (Å²) >= 11 is 0. The number of phenols is 2. The first kappa shape index (κ1) is 14.1. The van der Waals surface area contributed by atoms with Crippen molar-refractivity contribution in [1.82, 2.24) is 0 Å². The van der Waals surface area contributed by atoms with Crippen molar-refractivity contribution in [3.05, 3.63) is 23.3 Å². The highest BCUT2D eigenvalue weighted by molar-refractivity contribution is 5.77. The molecule has 5 nitrogen and oxygen atoms in total. The predicted molar refractivity (Wildman–Crippen MR) is 51.7 cm³/mol. The van der Waals surface area contributed by atoms with Crippen LogP contribution in [-0.2, 0) is 15.7 Å². The standard InChI is InChI=1S/C10H9F3O5/c1-18-9(17)8(16)5-2-4(14)3-6(7(5)15)10(11,12)13/h2-3,8,14-16H,1H3. The summed E-state index contributed by atoms with van der Waals surface area (Å²) in [7, 11) is 0.913. The minimum Gasteiger partial charge on any atom is -0.508 e. The molecule has 1 aromatic rings. The van der Waals surface area contributed by atoms with Crippen molar-refractivity contribution in [3.8, 4) is 11.5 Å². The molecule has 0 saturated carbocycles. The second kappa shape index (κ2) is 4.73. The van der Waals surface area contributed by atoms with E-state index in [-0.39, 0.29) is 6.07 Å². The molecule has 0 saturated heterocycles. The largest absolute Gasteiger partial charge is 0.508 e. The third kappa shape index (κ3) is 2.65. The summed E-state index contributed by atoms with van der Waals surface area (Å²) < 4.78 is 41.6. The molecule has 0 aromatic heterocycles. The molecule has 0 aliphatic carbocycles. The van der Waals surface area contributed by atoms with E-state index in [9.17, 15) is 28.2 Å². The number of benzene rings is 1. The van der Waals surface area contributed by atoms with Crippen LogP contribution in [0.2, 0.25) is 0 Å². The van der Waals surface area contributed by atoms with Gasteiger partial charge in [-0.2, -0.15) is 13.2 Å². The van der Waals surface area contributed by atoms with Gasteiger partial charge in [-0.05, 0) is 12.1 Å². The molecule has 1 aromatic carbocycles. The number of carbonyl (C=O) groups excluding carboxylic acids is 1. The zero-order valence-electron chi connectivity index (χ0n) is 9.02. The Morgan fingerprint density at radius 1 is 1.33 bits per heavy atom. The van der Waals surface area contributed by atoms with Gasteiger partial charge < -0.3 is 20.1 Å². The number of methoxy groups -OCH3 is 1. The van der Waals surface area contributed by atoms with E-state index < -0.39 is 40.9 Å². The van der Waals surface area contributed by atoms with Crippen LogP contribution in [0.4, 0.5) is 13.2 Å². The number of ether oxygens (including phenoxy) is 1. The van der Waals surface area contributed by atoms with Gasteiger partial charge in [-0.25, -0.2) is 4.79 Å². The van der Waals surface area contributed by atoms with E-state index >= 15 is 0 Å². The number of hydrogen-bond donors (Lipinski definition) is 3. The summed E-state index contributed by atoms with van der Waals surface area (Å²) in [5.41, 5.74) is -2.34. The summed E-state index contributed by atoms with van der Waals surface area (Å²) in [6.07, 6.45) is -7.06. The first-order chi connectivity index (χ1) is 8.18. The Morgan fingerprint density at radius 2 is 1.89 bits per heavy atom. The molecule has 0 aliphatic heterocycles. The minimum absolute atomic E-state index is 0.281. The predicted octanol–water partition coefficient (Wildman–Crippen LogP) is 1.32. The number of hydrogen-bond acceptors (Lipinski definition) is 5. The van der Waals surface area contributed by atoms with Gasteiger partial charge in [0.2, 0.25) is 0 Å². The van der Waals surface area contributed by atoms with Crippen LogP contribution in [0.25, 0.3) is 0 Å². The summed E-state index contributed by atoms with van der Waals surface area (Å²) in [4.78, 5) is 11.0. The molecule has 1 unspecified atom stereocenters. The molecule has 3 N–H and O–H groups in total. The number of esters is 1. The highest BCUT2D eigenvalue weighted by atomic mass is 19.4. The number of carbonyl (C=O) groups is 1. The number of aromatic hydroxyl groups is 2. The van der Waals surface area contributed by atoms with Crippen molar-refractivity contribution in [2.24, 2.45) is 0 Å². The molecule has 8 heteroatoms. The van der Waals surface area contributed by atoms with Gasteiger partial charge in [0.05, 0.1) is 7.11 Å². The van der Waals surface area contributed by atoms with E-state index in [1.54, 1.807) is 0 Å². The molecular formula is C10H9F3O5. The van der Waals surface area contributed by atoms with Crippen LogP contribution in [0.1, 0.15) is 17.2 Å². The van der Waals surface area contributed by atoms with Crippen LogP contribution in [0.15, 0.2) is 12.1 Å². The molecule has 0 aliphatic rings. The van der Waals surface area contributed by atoms with E-state index in [1.807, 2.05) is 0 Å². The lowest BCUT2D eigenvalue weighted by atomic mass is 10.0.